The molecule has 0 atom stereocenters. The molecule has 6 nitrogen and oxygen atoms in total. The minimum absolute atomic E-state index is 0.0707. The van der Waals surface area contributed by atoms with Gasteiger partial charge in [-0.15, -0.1) is 0 Å². The van der Waals surface area contributed by atoms with Crippen molar-refractivity contribution in [1.29, 1.82) is 5.26 Å². The molecule has 0 aromatic heterocycles. The molecule has 1 saturated heterocycles. The summed E-state index contributed by atoms with van der Waals surface area (Å²) in [6, 6.07) is 19.3. The maximum Gasteiger partial charge on any atom is 0.266 e. The Balaban J connectivity index is 1.55. The van der Waals surface area contributed by atoms with Gasteiger partial charge in [0.05, 0.1) is 13.2 Å². The fourth-order valence-electron chi connectivity index (χ4n) is 2.62. The Kier molecular flexibility index (Phi) is 6.45. The zero-order chi connectivity index (χ0) is 18.9. The Morgan fingerprint density at radius 2 is 1.85 bits per heavy atom. The summed E-state index contributed by atoms with van der Waals surface area (Å²) in [5.74, 6) is 0.467. The smallest absolute Gasteiger partial charge is 0.266 e. The van der Waals surface area contributed by atoms with Gasteiger partial charge in [-0.3, -0.25) is 4.79 Å². The van der Waals surface area contributed by atoms with Crippen LogP contribution in [0.3, 0.4) is 0 Å². The Hall–Kier alpha value is -3.30. The van der Waals surface area contributed by atoms with Gasteiger partial charge in [0, 0.05) is 25.0 Å². The van der Waals surface area contributed by atoms with Crippen LogP contribution in [0.5, 0.6) is 5.75 Å². The van der Waals surface area contributed by atoms with Gasteiger partial charge >= 0.3 is 0 Å². The van der Waals surface area contributed by atoms with E-state index < -0.39 is 0 Å². The number of ether oxygens (including phenoxy) is 2. The first-order valence-corrected chi connectivity index (χ1v) is 8.77. The van der Waals surface area contributed by atoms with E-state index >= 15 is 0 Å². The second kappa shape index (κ2) is 9.41. The van der Waals surface area contributed by atoms with Crippen LogP contribution in [-0.4, -0.2) is 37.1 Å². The van der Waals surface area contributed by atoms with Crippen molar-refractivity contribution in [2.45, 2.75) is 6.61 Å². The van der Waals surface area contributed by atoms with Crippen LogP contribution in [0, 0.1) is 11.3 Å². The number of carbonyl (C=O) groups excluding carboxylic acids is 1. The Bertz CT molecular complexity index is 820. The molecule has 1 aliphatic rings. The van der Waals surface area contributed by atoms with Crippen molar-refractivity contribution in [2.75, 3.05) is 31.6 Å². The van der Waals surface area contributed by atoms with Crippen molar-refractivity contribution in [3.8, 4) is 11.8 Å². The molecule has 0 aliphatic carbocycles. The molecule has 0 saturated carbocycles. The van der Waals surface area contributed by atoms with E-state index in [0.29, 0.717) is 32.9 Å². The van der Waals surface area contributed by atoms with Gasteiger partial charge in [0.2, 0.25) is 0 Å². The zero-order valence-electron chi connectivity index (χ0n) is 14.9. The number of hydrogen-bond donors (Lipinski definition) is 1. The van der Waals surface area contributed by atoms with Crippen molar-refractivity contribution in [3.05, 3.63) is 71.9 Å². The summed E-state index contributed by atoms with van der Waals surface area (Å²) in [5, 5.41) is 12.3. The summed E-state index contributed by atoms with van der Waals surface area (Å²) in [6.45, 7) is 2.52. The number of anilines is 1. The number of nitrogens with one attached hydrogen (secondary N) is 1. The van der Waals surface area contributed by atoms with Crippen molar-refractivity contribution in [1.82, 2.24) is 4.90 Å². The lowest BCUT2D eigenvalue weighted by Crippen LogP contribution is -2.41. The molecule has 1 fully saturated rings. The molecule has 3 rings (SSSR count). The fraction of sp³-hybridized carbons (Fsp3) is 0.238. The fourth-order valence-corrected chi connectivity index (χ4v) is 2.62. The number of amides is 1. The quantitative estimate of drug-likeness (QED) is 0.631. The largest absolute Gasteiger partial charge is 0.489 e. The summed E-state index contributed by atoms with van der Waals surface area (Å²) < 4.78 is 11.0. The lowest BCUT2D eigenvalue weighted by atomic mass is 10.2. The predicted octanol–water partition coefficient (Wildman–Crippen LogP) is 2.94. The highest BCUT2D eigenvalue weighted by molar-refractivity contribution is 5.97. The van der Waals surface area contributed by atoms with E-state index in [4.69, 9.17) is 9.47 Å². The zero-order valence-corrected chi connectivity index (χ0v) is 14.9. The molecule has 0 radical (unpaired) electrons. The number of rotatable bonds is 6. The molecule has 0 spiro atoms. The maximum absolute atomic E-state index is 12.3. The lowest BCUT2D eigenvalue weighted by molar-refractivity contribution is -0.130. The highest BCUT2D eigenvalue weighted by Crippen LogP contribution is 2.17. The van der Waals surface area contributed by atoms with Gasteiger partial charge in [0.25, 0.3) is 5.91 Å². The average Bonchev–Trinajstić information content (AvgIpc) is 2.75. The van der Waals surface area contributed by atoms with Crippen molar-refractivity contribution >= 4 is 11.6 Å². The highest BCUT2D eigenvalue weighted by Gasteiger charge is 2.20. The molecule has 2 aromatic carbocycles. The molecule has 6 heteroatoms. The standard InChI is InChI=1S/C21H21N3O3/c22-14-18(21(25)24-10-12-26-13-11-24)15-23-19-6-8-20(9-7-19)27-16-17-4-2-1-3-5-17/h1-9,15,23H,10-13,16H2/b18-15-. The van der Waals surface area contributed by atoms with Crippen LogP contribution >= 0.6 is 0 Å². The normalized spacial score (nSPS) is 14.3. The molecular formula is C21H21N3O3. The van der Waals surface area contributed by atoms with Gasteiger partial charge in [-0.25, -0.2) is 0 Å². The number of hydrogen-bond acceptors (Lipinski definition) is 5. The Morgan fingerprint density at radius 1 is 1.15 bits per heavy atom. The van der Waals surface area contributed by atoms with E-state index in [1.807, 2.05) is 60.7 Å². The lowest BCUT2D eigenvalue weighted by Gasteiger charge is -2.26. The maximum atomic E-state index is 12.3. The number of nitriles is 1. The first-order valence-electron chi connectivity index (χ1n) is 8.77. The number of nitrogens with zero attached hydrogens (tertiary/aromatic N) is 2. The van der Waals surface area contributed by atoms with Crippen LogP contribution in [-0.2, 0) is 16.1 Å². The van der Waals surface area contributed by atoms with E-state index in [1.165, 1.54) is 6.20 Å². The topological polar surface area (TPSA) is 74.6 Å². The summed E-state index contributed by atoms with van der Waals surface area (Å²) in [5.41, 5.74) is 1.94. The second-order valence-electron chi connectivity index (χ2n) is 6.02. The SMILES string of the molecule is N#C/C(=C/Nc1ccc(OCc2ccccc2)cc1)C(=O)N1CCOCC1. The van der Waals surface area contributed by atoms with E-state index in [2.05, 4.69) is 5.32 Å². The summed E-state index contributed by atoms with van der Waals surface area (Å²) in [6.07, 6.45) is 1.44. The Morgan fingerprint density at radius 3 is 2.52 bits per heavy atom. The number of benzene rings is 2. The van der Waals surface area contributed by atoms with Crippen LogP contribution in [0.25, 0.3) is 0 Å². The van der Waals surface area contributed by atoms with Crippen molar-refractivity contribution in [3.63, 3.8) is 0 Å². The van der Waals surface area contributed by atoms with Gasteiger partial charge in [0.1, 0.15) is 24.0 Å². The van der Waals surface area contributed by atoms with Crippen LogP contribution in [0.1, 0.15) is 5.56 Å². The van der Waals surface area contributed by atoms with Gasteiger partial charge in [-0.1, -0.05) is 30.3 Å². The monoisotopic (exact) mass is 363 g/mol. The Labute approximate surface area is 158 Å². The third-order valence-corrected chi connectivity index (χ3v) is 4.13. The second-order valence-corrected chi connectivity index (χ2v) is 6.02. The molecule has 0 bridgehead atoms. The van der Waals surface area contributed by atoms with E-state index in [1.54, 1.807) is 4.90 Å². The summed E-state index contributed by atoms with van der Waals surface area (Å²) >= 11 is 0. The van der Waals surface area contributed by atoms with E-state index in [0.717, 1.165) is 17.0 Å². The minimum Gasteiger partial charge on any atom is -0.489 e. The molecule has 2 aromatic rings. The highest BCUT2D eigenvalue weighted by atomic mass is 16.5. The van der Waals surface area contributed by atoms with Gasteiger partial charge < -0.3 is 19.7 Å². The molecule has 0 unspecified atom stereocenters. The predicted molar refractivity (Wildman–Crippen MR) is 102 cm³/mol. The molecule has 1 amide bonds. The number of carbonyl (C=O) groups is 1. The molecule has 1 aliphatic heterocycles. The van der Waals surface area contributed by atoms with Crippen LogP contribution < -0.4 is 10.1 Å². The molecule has 1 heterocycles. The molecule has 1 N–H and O–H groups in total. The van der Waals surface area contributed by atoms with Crippen molar-refractivity contribution in [2.24, 2.45) is 0 Å². The molecule has 138 valence electrons. The third-order valence-electron chi connectivity index (χ3n) is 4.13. The minimum atomic E-state index is -0.281. The summed E-state index contributed by atoms with van der Waals surface area (Å²) in [7, 11) is 0. The molecule has 27 heavy (non-hydrogen) atoms. The van der Waals surface area contributed by atoms with E-state index in [-0.39, 0.29) is 11.5 Å². The van der Waals surface area contributed by atoms with Crippen molar-refractivity contribution < 1.29 is 14.3 Å². The summed E-state index contributed by atoms with van der Waals surface area (Å²) in [4.78, 5) is 14.0. The van der Waals surface area contributed by atoms with Crippen LogP contribution in [0.2, 0.25) is 0 Å². The van der Waals surface area contributed by atoms with Crippen LogP contribution in [0.4, 0.5) is 5.69 Å². The van der Waals surface area contributed by atoms with E-state index in [9.17, 15) is 10.1 Å². The third kappa shape index (κ3) is 5.33. The molecular weight excluding hydrogens is 342 g/mol. The van der Waals surface area contributed by atoms with Crippen LogP contribution in [0.15, 0.2) is 66.4 Å². The van der Waals surface area contributed by atoms with Gasteiger partial charge in [-0.05, 0) is 29.8 Å². The average molecular weight is 363 g/mol. The van der Waals surface area contributed by atoms with Gasteiger partial charge in [0.15, 0.2) is 0 Å². The number of morpholine rings is 1. The first kappa shape index (κ1) is 18.5. The first-order chi connectivity index (χ1) is 13.3. The van der Waals surface area contributed by atoms with Gasteiger partial charge in [-0.2, -0.15) is 5.26 Å².